The van der Waals surface area contributed by atoms with Gasteiger partial charge in [-0.15, -0.1) is 0 Å². The Kier molecular flexibility index (Phi) is 5.55. The van der Waals surface area contributed by atoms with E-state index in [0.29, 0.717) is 12.1 Å². The van der Waals surface area contributed by atoms with Crippen molar-refractivity contribution >= 4 is 0 Å². The first-order valence-electron chi connectivity index (χ1n) is 12.5. The number of benzene rings is 2. The van der Waals surface area contributed by atoms with Crippen molar-refractivity contribution in [2.75, 3.05) is 13.1 Å². The minimum absolute atomic E-state index is 0.355. The first-order chi connectivity index (χ1) is 16.7. The van der Waals surface area contributed by atoms with E-state index in [9.17, 15) is 0 Å². The number of hydrogen-bond acceptors (Lipinski definition) is 4. The maximum absolute atomic E-state index is 4.92. The van der Waals surface area contributed by atoms with Crippen molar-refractivity contribution in [2.45, 2.75) is 51.6 Å². The van der Waals surface area contributed by atoms with E-state index in [4.69, 9.17) is 9.97 Å². The highest BCUT2D eigenvalue weighted by molar-refractivity contribution is 5.72. The SMILES string of the molecule is Cc1[nH]c(C2CCCN2)nc1-c1ccc(-c2ccc(-c3nc(C4CCCN4)[nH]c3C)cc2)cc1. The molecule has 6 heteroatoms. The summed E-state index contributed by atoms with van der Waals surface area (Å²) in [6.07, 6.45) is 4.73. The van der Waals surface area contributed by atoms with Crippen molar-refractivity contribution in [1.82, 2.24) is 30.6 Å². The zero-order valence-electron chi connectivity index (χ0n) is 19.9. The molecule has 6 nitrogen and oxygen atoms in total. The molecule has 2 atom stereocenters. The van der Waals surface area contributed by atoms with E-state index in [2.05, 4.69) is 83.0 Å². The molecule has 0 aliphatic carbocycles. The van der Waals surface area contributed by atoms with Gasteiger partial charge in [-0.1, -0.05) is 48.5 Å². The quantitative estimate of drug-likeness (QED) is 0.318. The Hall–Kier alpha value is -3.22. The molecule has 2 fully saturated rings. The Balaban J connectivity index is 1.21. The molecular formula is C28H32N6. The number of H-pyrrole nitrogens is 2. The van der Waals surface area contributed by atoms with Gasteiger partial charge in [-0.25, -0.2) is 9.97 Å². The summed E-state index contributed by atoms with van der Waals surface area (Å²) in [5, 5.41) is 7.05. The summed E-state index contributed by atoms with van der Waals surface area (Å²) < 4.78 is 0. The first-order valence-corrected chi connectivity index (χ1v) is 12.5. The Morgan fingerprint density at radius 2 is 0.971 bits per heavy atom. The van der Waals surface area contributed by atoms with Gasteiger partial charge in [-0.05, 0) is 63.7 Å². The molecule has 4 heterocycles. The van der Waals surface area contributed by atoms with Crippen molar-refractivity contribution in [3.05, 3.63) is 71.6 Å². The Morgan fingerprint density at radius 1 is 0.588 bits per heavy atom. The first kappa shape index (κ1) is 21.3. The third kappa shape index (κ3) is 3.97. The molecule has 2 unspecified atom stereocenters. The Bertz CT molecular complexity index is 1170. The smallest absolute Gasteiger partial charge is 0.124 e. The molecule has 4 N–H and O–H groups in total. The van der Waals surface area contributed by atoms with Crippen molar-refractivity contribution in [3.63, 3.8) is 0 Å². The third-order valence-corrected chi connectivity index (χ3v) is 7.24. The van der Waals surface area contributed by atoms with E-state index in [-0.39, 0.29) is 0 Å². The number of rotatable bonds is 5. The molecular weight excluding hydrogens is 420 g/mol. The van der Waals surface area contributed by atoms with E-state index in [0.717, 1.165) is 71.5 Å². The second kappa shape index (κ2) is 8.85. The van der Waals surface area contributed by atoms with Crippen molar-refractivity contribution in [3.8, 4) is 33.6 Å². The van der Waals surface area contributed by atoms with E-state index < -0.39 is 0 Å². The fourth-order valence-electron chi connectivity index (χ4n) is 5.34. The molecule has 0 amide bonds. The third-order valence-electron chi connectivity index (χ3n) is 7.24. The summed E-state index contributed by atoms with van der Waals surface area (Å²) in [6, 6.07) is 18.2. The summed E-state index contributed by atoms with van der Waals surface area (Å²) in [4.78, 5) is 16.8. The number of hydrogen-bond donors (Lipinski definition) is 4. The van der Waals surface area contributed by atoms with Crippen LogP contribution in [0, 0.1) is 13.8 Å². The summed E-state index contributed by atoms with van der Waals surface area (Å²) in [5.74, 6) is 2.12. The summed E-state index contributed by atoms with van der Waals surface area (Å²) in [5.41, 5.74) is 9.06. The lowest BCUT2D eigenvalue weighted by molar-refractivity contribution is 0.612. The molecule has 2 aliphatic rings. The van der Waals surface area contributed by atoms with Crippen LogP contribution >= 0.6 is 0 Å². The molecule has 0 bridgehead atoms. The Morgan fingerprint density at radius 3 is 1.32 bits per heavy atom. The molecule has 2 aromatic heterocycles. The van der Waals surface area contributed by atoms with Crippen molar-refractivity contribution in [2.24, 2.45) is 0 Å². The zero-order valence-corrected chi connectivity index (χ0v) is 19.9. The maximum atomic E-state index is 4.92. The maximum Gasteiger partial charge on any atom is 0.124 e. The summed E-state index contributed by atoms with van der Waals surface area (Å²) in [6.45, 7) is 6.37. The van der Waals surface area contributed by atoms with Gasteiger partial charge in [-0.2, -0.15) is 0 Å². The van der Waals surface area contributed by atoms with E-state index in [1.165, 1.54) is 24.0 Å². The van der Waals surface area contributed by atoms with Gasteiger partial charge < -0.3 is 20.6 Å². The van der Waals surface area contributed by atoms with Gasteiger partial charge in [0, 0.05) is 22.5 Å². The van der Waals surface area contributed by atoms with Gasteiger partial charge >= 0.3 is 0 Å². The molecule has 0 spiro atoms. The minimum Gasteiger partial charge on any atom is -0.344 e. The molecule has 0 saturated carbocycles. The van der Waals surface area contributed by atoms with Gasteiger partial charge in [0.1, 0.15) is 11.6 Å². The zero-order chi connectivity index (χ0) is 23.1. The average molecular weight is 453 g/mol. The van der Waals surface area contributed by atoms with Crippen LogP contribution in [-0.2, 0) is 0 Å². The number of aromatic amines is 2. The van der Waals surface area contributed by atoms with E-state index >= 15 is 0 Å². The van der Waals surface area contributed by atoms with Crippen molar-refractivity contribution in [1.29, 1.82) is 0 Å². The lowest BCUT2D eigenvalue weighted by Crippen LogP contribution is -2.14. The lowest BCUT2D eigenvalue weighted by atomic mass is 10.0. The molecule has 2 saturated heterocycles. The second-order valence-electron chi connectivity index (χ2n) is 9.64. The highest BCUT2D eigenvalue weighted by Crippen LogP contribution is 2.31. The van der Waals surface area contributed by atoms with E-state index in [1.807, 2.05) is 0 Å². The largest absolute Gasteiger partial charge is 0.344 e. The summed E-state index contributed by atoms with van der Waals surface area (Å²) >= 11 is 0. The topological polar surface area (TPSA) is 81.4 Å². The predicted octanol–water partition coefficient (Wildman–Crippen LogP) is 5.60. The molecule has 34 heavy (non-hydrogen) atoms. The van der Waals surface area contributed by atoms with Gasteiger partial charge in [-0.3, -0.25) is 0 Å². The highest BCUT2D eigenvalue weighted by Gasteiger charge is 2.22. The van der Waals surface area contributed by atoms with Gasteiger partial charge in [0.05, 0.1) is 23.5 Å². The fraction of sp³-hybridized carbons (Fsp3) is 0.357. The van der Waals surface area contributed by atoms with Crippen LogP contribution in [-0.4, -0.2) is 33.0 Å². The fourth-order valence-corrected chi connectivity index (χ4v) is 5.34. The lowest BCUT2D eigenvalue weighted by Gasteiger charge is -2.06. The molecule has 2 aromatic carbocycles. The minimum atomic E-state index is 0.355. The van der Waals surface area contributed by atoms with Crippen LogP contribution in [0.15, 0.2) is 48.5 Å². The van der Waals surface area contributed by atoms with Crippen LogP contribution in [0.1, 0.15) is 60.8 Å². The molecule has 174 valence electrons. The van der Waals surface area contributed by atoms with E-state index in [1.54, 1.807) is 0 Å². The van der Waals surface area contributed by atoms with Crippen LogP contribution in [0.25, 0.3) is 33.6 Å². The normalized spacial score (nSPS) is 20.3. The number of aryl methyl sites for hydroxylation is 2. The average Bonchev–Trinajstić information content (AvgIpc) is 3.66. The van der Waals surface area contributed by atoms with Crippen LogP contribution in [0.3, 0.4) is 0 Å². The predicted molar refractivity (Wildman–Crippen MR) is 136 cm³/mol. The van der Waals surface area contributed by atoms with Gasteiger partial charge in [0.2, 0.25) is 0 Å². The monoisotopic (exact) mass is 452 g/mol. The highest BCUT2D eigenvalue weighted by atomic mass is 15.1. The van der Waals surface area contributed by atoms with Crippen LogP contribution in [0.2, 0.25) is 0 Å². The van der Waals surface area contributed by atoms with Crippen LogP contribution < -0.4 is 10.6 Å². The molecule has 2 aliphatic heterocycles. The summed E-state index contributed by atoms with van der Waals surface area (Å²) in [7, 11) is 0. The standard InChI is InChI=1S/C28H32N6/c1-17-25(33-27(31-17)23-5-3-15-29-23)21-11-7-19(8-12-21)20-9-13-22(14-10-20)26-18(2)32-28(34-26)24-6-4-16-30-24/h7-14,23-24,29-30H,3-6,15-16H2,1-2H3,(H,31,33)(H,32,34). The van der Waals surface area contributed by atoms with Crippen molar-refractivity contribution < 1.29 is 0 Å². The number of nitrogens with zero attached hydrogens (tertiary/aromatic N) is 2. The molecule has 6 rings (SSSR count). The van der Waals surface area contributed by atoms with Crippen LogP contribution in [0.4, 0.5) is 0 Å². The Labute approximate surface area is 200 Å². The second-order valence-corrected chi connectivity index (χ2v) is 9.64. The van der Waals surface area contributed by atoms with Gasteiger partial charge in [0.15, 0.2) is 0 Å². The van der Waals surface area contributed by atoms with Crippen LogP contribution in [0.5, 0.6) is 0 Å². The van der Waals surface area contributed by atoms with Gasteiger partial charge in [0.25, 0.3) is 0 Å². The molecule has 0 radical (unpaired) electrons. The number of imidazole rings is 2. The number of nitrogens with one attached hydrogen (secondary N) is 4. The number of aromatic nitrogens is 4. The molecule has 4 aromatic rings.